The molecule has 0 saturated heterocycles. The Kier molecular flexibility index (Phi) is 6.93. The summed E-state index contributed by atoms with van der Waals surface area (Å²) < 4.78 is 6.09. The lowest BCUT2D eigenvalue weighted by atomic mass is 10.0. The van der Waals surface area contributed by atoms with Gasteiger partial charge in [-0.15, -0.1) is 0 Å². The van der Waals surface area contributed by atoms with Gasteiger partial charge in [-0.1, -0.05) is 130 Å². The van der Waals surface area contributed by atoms with Crippen LogP contribution < -0.4 is 4.74 Å². The normalized spacial score (nSPS) is 10.9. The number of benzene rings is 4. The second-order valence-corrected chi connectivity index (χ2v) is 8.94. The highest BCUT2D eigenvalue weighted by Gasteiger charge is 2.23. The number of hydrogen-bond donors (Lipinski definition) is 0. The van der Waals surface area contributed by atoms with E-state index >= 15 is 0 Å². The minimum atomic E-state index is 0.191. The van der Waals surface area contributed by atoms with Crippen LogP contribution in [0.15, 0.2) is 72.8 Å². The molecule has 0 aliphatic rings. The molecule has 0 aromatic heterocycles. The summed E-state index contributed by atoms with van der Waals surface area (Å²) >= 11 is 39.1. The number of rotatable bonds is 4. The van der Waals surface area contributed by atoms with Gasteiger partial charge in [0.2, 0.25) is 0 Å². The van der Waals surface area contributed by atoms with Gasteiger partial charge in [0.25, 0.3) is 0 Å². The Morgan fingerprint density at radius 2 is 0.806 bits per heavy atom. The molecule has 0 radical (unpaired) electrons. The molecule has 4 aromatic carbocycles. The van der Waals surface area contributed by atoms with Crippen LogP contribution in [0.1, 0.15) is 0 Å². The van der Waals surface area contributed by atoms with Crippen LogP contribution in [0.4, 0.5) is 0 Å². The van der Waals surface area contributed by atoms with Crippen LogP contribution >= 0.6 is 69.6 Å². The zero-order valence-electron chi connectivity index (χ0n) is 15.6. The van der Waals surface area contributed by atoms with Gasteiger partial charge in [-0.05, 0) is 23.3 Å². The van der Waals surface area contributed by atoms with Crippen molar-refractivity contribution in [1.29, 1.82) is 0 Å². The predicted molar refractivity (Wildman–Crippen MR) is 134 cm³/mol. The van der Waals surface area contributed by atoms with E-state index in [1.165, 1.54) is 0 Å². The first-order valence-corrected chi connectivity index (χ1v) is 11.3. The van der Waals surface area contributed by atoms with Gasteiger partial charge in [0.15, 0.2) is 11.5 Å². The number of ether oxygens (including phenoxy) is 1. The molecule has 0 aliphatic heterocycles. The Bertz CT molecular complexity index is 1160. The molecule has 156 valence electrons. The van der Waals surface area contributed by atoms with E-state index in [-0.39, 0.29) is 31.6 Å². The van der Waals surface area contributed by atoms with Gasteiger partial charge in [0.05, 0.1) is 30.1 Å². The number of hydrogen-bond acceptors (Lipinski definition) is 1. The second-order valence-electron chi connectivity index (χ2n) is 6.55. The molecular formula is C24H12Cl6O. The molecule has 0 atom stereocenters. The summed E-state index contributed by atoms with van der Waals surface area (Å²) in [5.74, 6) is 0.383. The van der Waals surface area contributed by atoms with Gasteiger partial charge in [0.1, 0.15) is 0 Å². The van der Waals surface area contributed by atoms with E-state index in [4.69, 9.17) is 74.3 Å². The van der Waals surface area contributed by atoms with E-state index in [9.17, 15) is 0 Å². The predicted octanol–water partition coefficient (Wildman–Crippen LogP) is 10.7. The van der Waals surface area contributed by atoms with E-state index in [2.05, 4.69) is 0 Å². The summed E-state index contributed by atoms with van der Waals surface area (Å²) in [4.78, 5) is 0. The van der Waals surface area contributed by atoms with Crippen molar-refractivity contribution in [2.45, 2.75) is 0 Å². The topological polar surface area (TPSA) is 9.23 Å². The average molecular weight is 529 g/mol. The molecule has 4 aromatic rings. The van der Waals surface area contributed by atoms with Gasteiger partial charge in [0, 0.05) is 11.1 Å². The third kappa shape index (κ3) is 4.50. The lowest BCUT2D eigenvalue weighted by Crippen LogP contribution is -1.94. The molecule has 0 spiro atoms. The van der Waals surface area contributed by atoms with Gasteiger partial charge < -0.3 is 4.74 Å². The average Bonchev–Trinajstić information content (AvgIpc) is 2.74. The standard InChI is InChI=1S/C24H12Cl6O/c25-15-11-17(27)23(21(29)19(15)13-7-3-1-4-8-13)31-24-18(28)12-16(26)20(22(24)30)14-9-5-2-6-10-14/h1-12H. The summed E-state index contributed by atoms with van der Waals surface area (Å²) in [6.45, 7) is 0. The molecule has 0 N–H and O–H groups in total. The minimum Gasteiger partial charge on any atom is -0.451 e. The molecule has 4 rings (SSSR count). The molecule has 7 heteroatoms. The zero-order chi connectivity index (χ0) is 22.1. The summed E-state index contributed by atoms with van der Waals surface area (Å²) in [7, 11) is 0. The zero-order valence-corrected chi connectivity index (χ0v) is 20.1. The third-order valence-electron chi connectivity index (χ3n) is 4.59. The Morgan fingerprint density at radius 1 is 0.452 bits per heavy atom. The Hall–Kier alpha value is -1.58. The maximum absolute atomic E-state index is 6.69. The van der Waals surface area contributed by atoms with Crippen LogP contribution in [0.3, 0.4) is 0 Å². The molecule has 0 amide bonds. The van der Waals surface area contributed by atoms with Crippen molar-refractivity contribution in [3.63, 3.8) is 0 Å². The molecule has 1 nitrogen and oxygen atoms in total. The molecule has 0 bridgehead atoms. The van der Waals surface area contributed by atoms with Gasteiger partial charge >= 0.3 is 0 Å². The van der Waals surface area contributed by atoms with Crippen molar-refractivity contribution in [2.24, 2.45) is 0 Å². The molecule has 0 heterocycles. The van der Waals surface area contributed by atoms with Crippen LogP contribution in [-0.4, -0.2) is 0 Å². The maximum atomic E-state index is 6.69. The van der Waals surface area contributed by atoms with Crippen molar-refractivity contribution in [2.75, 3.05) is 0 Å². The van der Waals surface area contributed by atoms with Crippen molar-refractivity contribution < 1.29 is 4.74 Å². The van der Waals surface area contributed by atoms with Crippen molar-refractivity contribution in [3.05, 3.63) is 103 Å². The fourth-order valence-corrected chi connectivity index (χ4v) is 5.29. The van der Waals surface area contributed by atoms with Crippen LogP contribution in [0, 0.1) is 0 Å². The summed E-state index contributed by atoms with van der Waals surface area (Å²) in [5.41, 5.74) is 2.82. The summed E-state index contributed by atoms with van der Waals surface area (Å²) in [5, 5.41) is 1.72. The Balaban J connectivity index is 1.87. The van der Waals surface area contributed by atoms with Crippen molar-refractivity contribution in [3.8, 4) is 33.8 Å². The summed E-state index contributed by atoms with van der Waals surface area (Å²) in [6.07, 6.45) is 0. The van der Waals surface area contributed by atoms with Crippen LogP contribution in [0.25, 0.3) is 22.3 Å². The van der Waals surface area contributed by atoms with Gasteiger partial charge in [-0.25, -0.2) is 0 Å². The first kappa shape index (κ1) is 22.6. The van der Waals surface area contributed by atoms with Gasteiger partial charge in [-0.2, -0.15) is 0 Å². The molecule has 0 saturated carbocycles. The maximum Gasteiger partial charge on any atom is 0.165 e. The Labute approximate surface area is 210 Å². The van der Waals surface area contributed by atoms with E-state index in [1.54, 1.807) is 12.1 Å². The quantitative estimate of drug-likeness (QED) is 0.256. The molecular weight excluding hydrogens is 517 g/mol. The van der Waals surface area contributed by atoms with Gasteiger partial charge in [-0.3, -0.25) is 0 Å². The van der Waals surface area contributed by atoms with Crippen LogP contribution in [0.5, 0.6) is 11.5 Å². The minimum absolute atomic E-state index is 0.191. The first-order valence-electron chi connectivity index (χ1n) is 9.02. The molecule has 31 heavy (non-hydrogen) atoms. The van der Waals surface area contributed by atoms with E-state index in [0.29, 0.717) is 21.2 Å². The van der Waals surface area contributed by atoms with Crippen LogP contribution in [0.2, 0.25) is 30.1 Å². The van der Waals surface area contributed by atoms with E-state index in [0.717, 1.165) is 11.1 Å². The molecule has 0 aliphatic carbocycles. The lowest BCUT2D eigenvalue weighted by Gasteiger charge is -2.18. The fraction of sp³-hybridized carbons (Fsp3) is 0. The lowest BCUT2D eigenvalue weighted by molar-refractivity contribution is 0.484. The first-order chi connectivity index (χ1) is 14.9. The monoisotopic (exact) mass is 526 g/mol. The Morgan fingerprint density at radius 3 is 1.16 bits per heavy atom. The highest BCUT2D eigenvalue weighted by Crippen LogP contribution is 2.51. The van der Waals surface area contributed by atoms with E-state index < -0.39 is 0 Å². The van der Waals surface area contributed by atoms with E-state index in [1.807, 2.05) is 60.7 Å². The highest BCUT2D eigenvalue weighted by molar-refractivity contribution is 6.45. The smallest absolute Gasteiger partial charge is 0.165 e. The van der Waals surface area contributed by atoms with Crippen molar-refractivity contribution in [1.82, 2.24) is 0 Å². The summed E-state index contributed by atoms with van der Waals surface area (Å²) in [6, 6.07) is 22.0. The largest absolute Gasteiger partial charge is 0.451 e. The highest BCUT2D eigenvalue weighted by atomic mass is 35.5. The van der Waals surface area contributed by atoms with Crippen LogP contribution in [-0.2, 0) is 0 Å². The SMILES string of the molecule is Clc1cc(Cl)c(-c2ccccc2)c(Cl)c1Oc1c(Cl)cc(Cl)c(-c2ccccc2)c1Cl. The molecule has 0 fully saturated rings. The fourth-order valence-electron chi connectivity index (χ4n) is 3.17. The molecule has 0 unspecified atom stereocenters. The third-order valence-corrected chi connectivity index (χ3v) is 6.46. The van der Waals surface area contributed by atoms with Crippen molar-refractivity contribution >= 4 is 69.6 Å². The number of halogens is 6. The second kappa shape index (κ2) is 9.50.